The average molecular weight is 282 g/mol. The van der Waals surface area contributed by atoms with Crippen LogP contribution in [0.4, 0.5) is 4.39 Å². The Labute approximate surface area is 112 Å². The third kappa shape index (κ3) is 2.00. The van der Waals surface area contributed by atoms with E-state index >= 15 is 0 Å². The molecular formula is C12H9ClFN3S. The number of rotatable bonds is 3. The zero-order chi connectivity index (χ0) is 12.5. The first kappa shape index (κ1) is 11.6. The van der Waals surface area contributed by atoms with Gasteiger partial charge in [-0.05, 0) is 18.2 Å². The van der Waals surface area contributed by atoms with Crippen molar-refractivity contribution in [2.24, 2.45) is 0 Å². The van der Waals surface area contributed by atoms with E-state index in [1.165, 1.54) is 12.1 Å². The largest absolute Gasteiger partial charge is 0.320 e. The summed E-state index contributed by atoms with van der Waals surface area (Å²) in [4.78, 5) is 8.62. The second-order valence-electron chi connectivity index (χ2n) is 3.81. The van der Waals surface area contributed by atoms with E-state index in [2.05, 4.69) is 9.97 Å². The summed E-state index contributed by atoms with van der Waals surface area (Å²) in [5, 5.41) is 2.86. The molecule has 0 aliphatic rings. The van der Waals surface area contributed by atoms with Gasteiger partial charge in [-0.25, -0.2) is 14.4 Å². The SMILES string of the molecule is Fc1ccc2nc(CCl)n(Cc3nccs3)c2c1. The van der Waals surface area contributed by atoms with Crippen LogP contribution in [0.2, 0.25) is 0 Å². The topological polar surface area (TPSA) is 30.7 Å². The first-order valence-corrected chi connectivity index (χ1v) is 6.78. The number of hydrogen-bond acceptors (Lipinski definition) is 3. The molecular weight excluding hydrogens is 273 g/mol. The van der Waals surface area contributed by atoms with Crippen LogP contribution in [0.3, 0.4) is 0 Å². The van der Waals surface area contributed by atoms with Crippen molar-refractivity contribution in [1.82, 2.24) is 14.5 Å². The van der Waals surface area contributed by atoms with Gasteiger partial charge in [0.15, 0.2) is 0 Å². The standard InChI is InChI=1S/C12H9ClFN3S/c13-6-11-16-9-2-1-8(14)5-10(9)17(11)7-12-15-3-4-18-12/h1-5H,6-7H2. The number of hydrogen-bond donors (Lipinski definition) is 0. The van der Waals surface area contributed by atoms with Crippen molar-refractivity contribution in [1.29, 1.82) is 0 Å². The fraction of sp³-hybridized carbons (Fsp3) is 0.167. The molecule has 0 bridgehead atoms. The van der Waals surface area contributed by atoms with Crippen molar-refractivity contribution in [3.05, 3.63) is 46.4 Å². The summed E-state index contributed by atoms with van der Waals surface area (Å²) >= 11 is 7.45. The summed E-state index contributed by atoms with van der Waals surface area (Å²) in [6.07, 6.45) is 1.75. The number of nitrogens with zero attached hydrogens (tertiary/aromatic N) is 3. The van der Waals surface area contributed by atoms with Crippen LogP contribution in [-0.4, -0.2) is 14.5 Å². The highest BCUT2D eigenvalue weighted by molar-refractivity contribution is 7.09. The molecule has 0 saturated carbocycles. The lowest BCUT2D eigenvalue weighted by Gasteiger charge is -2.05. The molecule has 0 aliphatic heterocycles. The van der Waals surface area contributed by atoms with Gasteiger partial charge in [0.2, 0.25) is 0 Å². The molecule has 0 fully saturated rings. The summed E-state index contributed by atoms with van der Waals surface area (Å²) in [5.74, 6) is 0.748. The number of fused-ring (bicyclic) bond motifs is 1. The first-order valence-electron chi connectivity index (χ1n) is 5.37. The second-order valence-corrected chi connectivity index (χ2v) is 5.05. The van der Waals surface area contributed by atoms with Gasteiger partial charge in [-0.1, -0.05) is 0 Å². The Bertz CT molecular complexity index is 678. The molecule has 0 aliphatic carbocycles. The molecule has 3 aromatic rings. The van der Waals surface area contributed by atoms with E-state index in [4.69, 9.17) is 11.6 Å². The Balaban J connectivity index is 2.15. The van der Waals surface area contributed by atoms with E-state index in [1.54, 1.807) is 23.6 Å². The summed E-state index contributed by atoms with van der Waals surface area (Å²) in [6.45, 7) is 0.569. The van der Waals surface area contributed by atoms with Gasteiger partial charge in [0.1, 0.15) is 16.6 Å². The quantitative estimate of drug-likeness (QED) is 0.689. The monoisotopic (exact) mass is 281 g/mol. The van der Waals surface area contributed by atoms with Crippen LogP contribution in [0, 0.1) is 5.82 Å². The molecule has 1 aromatic carbocycles. The Kier molecular flexibility index (Phi) is 3.01. The van der Waals surface area contributed by atoms with Crippen LogP contribution in [0.5, 0.6) is 0 Å². The maximum Gasteiger partial charge on any atom is 0.125 e. The predicted molar refractivity (Wildman–Crippen MR) is 70.5 cm³/mol. The number of benzene rings is 1. The van der Waals surface area contributed by atoms with Crippen LogP contribution < -0.4 is 0 Å². The molecule has 3 rings (SSSR count). The molecule has 92 valence electrons. The van der Waals surface area contributed by atoms with Crippen molar-refractivity contribution < 1.29 is 4.39 Å². The highest BCUT2D eigenvalue weighted by atomic mass is 35.5. The number of alkyl halides is 1. The van der Waals surface area contributed by atoms with E-state index < -0.39 is 0 Å². The Hall–Kier alpha value is -1.46. The first-order chi connectivity index (χ1) is 8.78. The fourth-order valence-electron chi connectivity index (χ4n) is 1.89. The molecule has 0 N–H and O–H groups in total. The number of halogens is 2. The van der Waals surface area contributed by atoms with Crippen molar-refractivity contribution in [2.75, 3.05) is 0 Å². The molecule has 18 heavy (non-hydrogen) atoms. The third-order valence-electron chi connectivity index (χ3n) is 2.69. The Morgan fingerprint density at radius 3 is 3.00 bits per heavy atom. The third-order valence-corrected chi connectivity index (χ3v) is 3.69. The van der Waals surface area contributed by atoms with Crippen molar-refractivity contribution >= 4 is 34.0 Å². The Morgan fingerprint density at radius 1 is 1.39 bits per heavy atom. The zero-order valence-corrected chi connectivity index (χ0v) is 10.9. The van der Waals surface area contributed by atoms with Crippen LogP contribution in [0.25, 0.3) is 11.0 Å². The predicted octanol–water partition coefficient (Wildman–Crippen LogP) is 3.42. The van der Waals surface area contributed by atoms with E-state index in [-0.39, 0.29) is 5.82 Å². The van der Waals surface area contributed by atoms with Crippen molar-refractivity contribution in [3.63, 3.8) is 0 Å². The lowest BCUT2D eigenvalue weighted by Crippen LogP contribution is -2.03. The summed E-state index contributed by atoms with van der Waals surface area (Å²) in [6, 6.07) is 4.55. The Morgan fingerprint density at radius 2 is 2.28 bits per heavy atom. The number of imidazole rings is 1. The van der Waals surface area contributed by atoms with Crippen LogP contribution in [-0.2, 0) is 12.4 Å². The summed E-state index contributed by atoms with van der Waals surface area (Å²) in [7, 11) is 0. The molecule has 0 unspecified atom stereocenters. The lowest BCUT2D eigenvalue weighted by molar-refractivity contribution is 0.628. The lowest BCUT2D eigenvalue weighted by atomic mass is 10.3. The molecule has 0 spiro atoms. The van der Waals surface area contributed by atoms with Gasteiger partial charge in [0.25, 0.3) is 0 Å². The maximum absolute atomic E-state index is 13.3. The van der Waals surface area contributed by atoms with Crippen molar-refractivity contribution in [2.45, 2.75) is 12.4 Å². The number of aromatic nitrogens is 3. The van der Waals surface area contributed by atoms with Crippen molar-refractivity contribution in [3.8, 4) is 0 Å². The second kappa shape index (κ2) is 4.66. The van der Waals surface area contributed by atoms with Crippen LogP contribution >= 0.6 is 22.9 Å². The van der Waals surface area contributed by atoms with Gasteiger partial charge < -0.3 is 4.57 Å². The summed E-state index contributed by atoms with van der Waals surface area (Å²) < 4.78 is 15.2. The molecule has 0 saturated heterocycles. The molecule has 2 aromatic heterocycles. The molecule has 3 nitrogen and oxygen atoms in total. The average Bonchev–Trinajstić information content (AvgIpc) is 2.98. The minimum absolute atomic E-state index is 0.274. The van der Waals surface area contributed by atoms with Crippen LogP contribution in [0.15, 0.2) is 29.8 Å². The highest BCUT2D eigenvalue weighted by Gasteiger charge is 2.11. The van der Waals surface area contributed by atoms with E-state index in [1.807, 2.05) is 9.95 Å². The number of thiazole rings is 1. The smallest absolute Gasteiger partial charge is 0.125 e. The van der Waals surface area contributed by atoms with E-state index in [9.17, 15) is 4.39 Å². The van der Waals surface area contributed by atoms with Crippen LogP contribution in [0.1, 0.15) is 10.8 Å². The van der Waals surface area contributed by atoms with E-state index in [0.717, 1.165) is 21.9 Å². The fourth-order valence-corrected chi connectivity index (χ4v) is 2.70. The molecule has 0 radical (unpaired) electrons. The minimum Gasteiger partial charge on any atom is -0.320 e. The molecule has 2 heterocycles. The van der Waals surface area contributed by atoms with Gasteiger partial charge in [0, 0.05) is 11.6 Å². The van der Waals surface area contributed by atoms with Gasteiger partial charge in [0.05, 0.1) is 23.5 Å². The van der Waals surface area contributed by atoms with Gasteiger partial charge in [-0.3, -0.25) is 0 Å². The van der Waals surface area contributed by atoms with Gasteiger partial charge in [-0.15, -0.1) is 22.9 Å². The van der Waals surface area contributed by atoms with Gasteiger partial charge >= 0.3 is 0 Å². The van der Waals surface area contributed by atoms with Gasteiger partial charge in [-0.2, -0.15) is 0 Å². The minimum atomic E-state index is -0.274. The molecule has 0 amide bonds. The highest BCUT2D eigenvalue weighted by Crippen LogP contribution is 2.21. The maximum atomic E-state index is 13.3. The normalized spacial score (nSPS) is 11.2. The summed E-state index contributed by atoms with van der Waals surface area (Å²) in [5.41, 5.74) is 1.50. The van der Waals surface area contributed by atoms with E-state index in [0.29, 0.717) is 12.4 Å². The zero-order valence-electron chi connectivity index (χ0n) is 9.31. The molecule has 0 atom stereocenters. The molecule has 6 heteroatoms.